The molecule has 33 heavy (non-hydrogen) atoms. The van der Waals surface area contributed by atoms with Crippen LogP contribution in [-0.4, -0.2) is 29.2 Å². The van der Waals surface area contributed by atoms with Crippen molar-refractivity contribution in [3.8, 4) is 0 Å². The lowest BCUT2D eigenvalue weighted by Gasteiger charge is -2.21. The Bertz CT molecular complexity index is 1320. The number of aryl methyl sites for hydroxylation is 1. The second kappa shape index (κ2) is 11.2. The maximum absolute atomic E-state index is 4.38. The highest BCUT2D eigenvalue weighted by molar-refractivity contribution is 9.09. The summed E-state index contributed by atoms with van der Waals surface area (Å²) in [5, 5.41) is 18.3. The third kappa shape index (κ3) is 5.83. The van der Waals surface area contributed by atoms with Crippen molar-refractivity contribution >= 4 is 60.8 Å². The van der Waals surface area contributed by atoms with Crippen LogP contribution in [0.25, 0.3) is 10.2 Å². The highest BCUT2D eigenvalue weighted by Gasteiger charge is 2.03. The van der Waals surface area contributed by atoms with Gasteiger partial charge >= 0.3 is 0 Å². The summed E-state index contributed by atoms with van der Waals surface area (Å²) in [5.41, 5.74) is 4.92. The molecule has 0 bridgehead atoms. The number of anilines is 1. The summed E-state index contributed by atoms with van der Waals surface area (Å²) >= 11 is 5.13. The Balaban J connectivity index is 1.41. The van der Waals surface area contributed by atoms with Crippen LogP contribution in [0, 0.1) is 0 Å². The molecule has 0 atom stereocenters. The van der Waals surface area contributed by atoms with Gasteiger partial charge in [-0.05, 0) is 61.0 Å². The number of hydrogen-bond donors (Lipinski definition) is 0. The van der Waals surface area contributed by atoms with Crippen molar-refractivity contribution in [3.05, 3.63) is 83.2 Å². The van der Waals surface area contributed by atoms with Gasteiger partial charge in [0.05, 0.1) is 27.8 Å². The first-order valence-electron chi connectivity index (χ1n) is 10.7. The molecule has 0 fully saturated rings. The molecule has 0 saturated heterocycles. The second-order valence-electron chi connectivity index (χ2n) is 7.33. The predicted octanol–water partition coefficient (Wildman–Crippen LogP) is 6.81. The van der Waals surface area contributed by atoms with Crippen LogP contribution in [0.15, 0.2) is 93.2 Å². The Hall–Kier alpha value is -3.10. The van der Waals surface area contributed by atoms with Gasteiger partial charge in [0, 0.05) is 31.2 Å². The largest absolute Gasteiger partial charge is 0.371 e. The van der Waals surface area contributed by atoms with Crippen LogP contribution in [0.1, 0.15) is 12.5 Å². The van der Waals surface area contributed by atoms with Crippen molar-refractivity contribution in [2.24, 2.45) is 27.5 Å². The first-order valence-corrected chi connectivity index (χ1v) is 12.7. The number of fused-ring (bicyclic) bond motifs is 1. The van der Waals surface area contributed by atoms with Crippen LogP contribution < -0.4 is 9.70 Å². The van der Waals surface area contributed by atoms with E-state index in [9.17, 15) is 0 Å². The van der Waals surface area contributed by atoms with Crippen molar-refractivity contribution in [1.82, 2.24) is 4.57 Å². The summed E-state index contributed by atoms with van der Waals surface area (Å²) in [6.45, 7) is 4.10. The molecule has 1 aromatic heterocycles. The molecule has 1 heterocycles. The highest BCUT2D eigenvalue weighted by Crippen LogP contribution is 2.22. The number of para-hydroxylation sites is 1. The zero-order valence-electron chi connectivity index (χ0n) is 18.6. The lowest BCUT2D eigenvalue weighted by molar-refractivity contribution is 0.875. The maximum Gasteiger partial charge on any atom is 0.211 e. The van der Waals surface area contributed by atoms with Crippen LogP contribution in [0.2, 0.25) is 0 Å². The van der Waals surface area contributed by atoms with E-state index < -0.39 is 0 Å². The zero-order chi connectivity index (χ0) is 23.0. The molecule has 4 rings (SSSR count). The summed E-state index contributed by atoms with van der Waals surface area (Å²) in [6, 6.07) is 24.2. The molecule has 0 aliphatic heterocycles. The van der Waals surface area contributed by atoms with Crippen LogP contribution in [0.5, 0.6) is 0 Å². The van der Waals surface area contributed by atoms with Gasteiger partial charge in [-0.25, -0.2) is 0 Å². The monoisotopic (exact) mass is 520 g/mol. The van der Waals surface area contributed by atoms with Gasteiger partial charge in [0.15, 0.2) is 0 Å². The molecule has 0 aliphatic carbocycles. The minimum Gasteiger partial charge on any atom is -0.371 e. The predicted molar refractivity (Wildman–Crippen MR) is 143 cm³/mol. The minimum atomic E-state index is 0.790. The first kappa shape index (κ1) is 23.1. The lowest BCUT2D eigenvalue weighted by Crippen LogP contribution is -2.24. The number of thiazole rings is 1. The maximum atomic E-state index is 4.38. The SMILES string of the molecule is CCN(CCBr)c1ccc(/N=N/c2ccc(C=N/N=c3\sc4ccccc4n3C)cc2)cc1. The third-order valence-electron chi connectivity index (χ3n) is 5.19. The van der Waals surface area contributed by atoms with Crippen molar-refractivity contribution < 1.29 is 0 Å². The number of azo groups is 1. The number of benzene rings is 3. The fourth-order valence-electron chi connectivity index (χ4n) is 3.37. The lowest BCUT2D eigenvalue weighted by atomic mass is 10.2. The Morgan fingerprint density at radius 2 is 1.61 bits per heavy atom. The van der Waals surface area contributed by atoms with Gasteiger partial charge in [-0.15, -0.1) is 5.10 Å². The second-order valence-corrected chi connectivity index (χ2v) is 9.13. The van der Waals surface area contributed by atoms with Gasteiger partial charge in [0.25, 0.3) is 0 Å². The standard InChI is InChI=1S/C25H25BrN6S/c1-3-32(17-16-26)22-14-12-21(13-15-22)29-28-20-10-8-19(9-11-20)18-27-30-25-31(2)23-6-4-5-7-24(23)33-25/h4-15,18H,3,16-17H2,1-2H3/b27-18?,29-28+,30-25-. The summed E-state index contributed by atoms with van der Waals surface area (Å²) < 4.78 is 3.24. The van der Waals surface area contributed by atoms with Crippen LogP contribution >= 0.6 is 27.3 Å². The summed E-state index contributed by atoms with van der Waals surface area (Å²) in [7, 11) is 2.00. The zero-order valence-corrected chi connectivity index (χ0v) is 21.0. The van der Waals surface area contributed by atoms with E-state index in [2.05, 4.69) is 77.0 Å². The van der Waals surface area contributed by atoms with E-state index in [1.165, 1.54) is 10.4 Å². The average Bonchev–Trinajstić information content (AvgIpc) is 3.18. The fourth-order valence-corrected chi connectivity index (χ4v) is 4.77. The number of aromatic nitrogens is 1. The number of alkyl halides is 1. The van der Waals surface area contributed by atoms with Gasteiger partial charge in [-0.2, -0.15) is 15.3 Å². The van der Waals surface area contributed by atoms with E-state index in [1.807, 2.05) is 55.6 Å². The van der Waals surface area contributed by atoms with E-state index in [0.29, 0.717) is 0 Å². The van der Waals surface area contributed by atoms with Crippen LogP contribution in [0.4, 0.5) is 17.1 Å². The normalized spacial score (nSPS) is 12.4. The number of nitrogens with zero attached hydrogens (tertiary/aromatic N) is 6. The Morgan fingerprint density at radius 3 is 2.24 bits per heavy atom. The molecule has 4 aromatic rings. The number of halogens is 1. The molecular formula is C25H25BrN6S. The summed E-state index contributed by atoms with van der Waals surface area (Å²) in [4.78, 5) is 3.17. The molecular weight excluding hydrogens is 496 g/mol. The van der Waals surface area contributed by atoms with Crippen molar-refractivity contribution in [1.29, 1.82) is 0 Å². The molecule has 0 saturated carbocycles. The van der Waals surface area contributed by atoms with Crippen molar-refractivity contribution in [3.63, 3.8) is 0 Å². The quantitative estimate of drug-likeness (QED) is 0.109. The van der Waals surface area contributed by atoms with Gasteiger partial charge < -0.3 is 9.47 Å². The van der Waals surface area contributed by atoms with Crippen molar-refractivity contribution in [2.75, 3.05) is 23.3 Å². The van der Waals surface area contributed by atoms with Crippen LogP contribution in [0.3, 0.4) is 0 Å². The van der Waals surface area contributed by atoms with E-state index in [4.69, 9.17) is 0 Å². The van der Waals surface area contributed by atoms with Gasteiger partial charge in [-0.3, -0.25) is 0 Å². The van der Waals surface area contributed by atoms with Gasteiger partial charge in [-0.1, -0.05) is 51.5 Å². The first-order chi connectivity index (χ1) is 16.2. The Morgan fingerprint density at radius 1 is 0.939 bits per heavy atom. The Kier molecular flexibility index (Phi) is 7.80. The van der Waals surface area contributed by atoms with E-state index in [0.717, 1.165) is 45.7 Å². The van der Waals surface area contributed by atoms with Gasteiger partial charge in [0.2, 0.25) is 4.80 Å². The van der Waals surface area contributed by atoms with Crippen molar-refractivity contribution in [2.45, 2.75) is 6.92 Å². The molecule has 0 unspecified atom stereocenters. The number of rotatable bonds is 8. The van der Waals surface area contributed by atoms with E-state index >= 15 is 0 Å². The van der Waals surface area contributed by atoms with Crippen LogP contribution in [-0.2, 0) is 7.05 Å². The number of hydrogen-bond acceptors (Lipinski definition) is 6. The Labute approximate surface area is 205 Å². The topological polar surface area (TPSA) is 57.6 Å². The average molecular weight is 521 g/mol. The van der Waals surface area contributed by atoms with E-state index in [1.54, 1.807) is 17.6 Å². The minimum absolute atomic E-state index is 0.790. The molecule has 0 N–H and O–H groups in total. The molecule has 3 aromatic carbocycles. The molecule has 168 valence electrons. The van der Waals surface area contributed by atoms with Gasteiger partial charge in [0.1, 0.15) is 0 Å². The molecule has 6 nitrogen and oxygen atoms in total. The fraction of sp³-hybridized carbons (Fsp3) is 0.200. The summed E-state index contributed by atoms with van der Waals surface area (Å²) in [6.07, 6.45) is 1.75. The third-order valence-corrected chi connectivity index (χ3v) is 6.65. The van der Waals surface area contributed by atoms with E-state index in [-0.39, 0.29) is 0 Å². The molecule has 0 spiro atoms. The molecule has 0 radical (unpaired) electrons. The summed E-state index contributed by atoms with van der Waals surface area (Å²) in [5.74, 6) is 0. The smallest absolute Gasteiger partial charge is 0.211 e. The molecule has 0 aliphatic rings. The molecule has 0 amide bonds. The molecule has 8 heteroatoms. The highest BCUT2D eigenvalue weighted by atomic mass is 79.9.